The Morgan fingerprint density at radius 3 is 2.96 bits per heavy atom. The number of nitrogens with zero attached hydrogens (tertiary/aromatic N) is 4. The number of guanidine groups is 1. The van der Waals surface area contributed by atoms with Gasteiger partial charge in [0.05, 0.1) is 0 Å². The fraction of sp³-hybridized carbons (Fsp3) is 0.471. The number of aliphatic imine (C=N–C) groups is 1. The smallest absolute Gasteiger partial charge is 0.191 e. The molecule has 136 valence electrons. The van der Waals surface area contributed by atoms with Crippen molar-refractivity contribution in [2.45, 2.75) is 32.9 Å². The van der Waals surface area contributed by atoms with Gasteiger partial charge in [-0.1, -0.05) is 25.1 Å². The van der Waals surface area contributed by atoms with Crippen molar-refractivity contribution in [2.24, 2.45) is 16.6 Å². The Morgan fingerprint density at radius 1 is 1.40 bits per heavy atom. The zero-order valence-corrected chi connectivity index (χ0v) is 16.7. The monoisotopic (exact) mass is 456 g/mol. The average molecular weight is 456 g/mol. The number of hydrogen-bond acceptors (Lipinski definition) is 4. The molecule has 0 amide bonds. The Morgan fingerprint density at radius 2 is 2.20 bits per heavy atom. The summed E-state index contributed by atoms with van der Waals surface area (Å²) in [6, 6.07) is 9.62. The molecule has 0 saturated carbocycles. The molecule has 1 saturated heterocycles. The number of hydrogen-bond donors (Lipinski definition) is 2. The lowest BCUT2D eigenvalue weighted by Gasteiger charge is -2.31. The first-order valence-electron chi connectivity index (χ1n) is 8.33. The summed E-state index contributed by atoms with van der Waals surface area (Å²) in [5.41, 5.74) is 6.09. The quantitative estimate of drug-likeness (QED) is 0.410. The van der Waals surface area contributed by atoms with E-state index in [0.717, 1.165) is 18.8 Å². The van der Waals surface area contributed by atoms with E-state index >= 15 is 0 Å². The number of rotatable bonds is 5. The molecule has 25 heavy (non-hydrogen) atoms. The number of ether oxygens (including phenoxy) is 1. The van der Waals surface area contributed by atoms with E-state index in [0.29, 0.717) is 36.7 Å². The molecular weight excluding hydrogens is 431 g/mol. The normalized spacial score (nSPS) is 17.9. The Balaban J connectivity index is 0.00000225. The van der Waals surface area contributed by atoms with Crippen LogP contribution in [0.3, 0.4) is 0 Å². The molecule has 3 N–H and O–H groups in total. The molecule has 1 atom stereocenters. The van der Waals surface area contributed by atoms with Gasteiger partial charge < -0.3 is 15.4 Å². The second-order valence-corrected chi connectivity index (χ2v) is 6.17. The van der Waals surface area contributed by atoms with Gasteiger partial charge in [0.2, 0.25) is 0 Å². The molecule has 1 aliphatic heterocycles. The topological polar surface area (TPSA) is 92.4 Å². The number of likely N-dealkylation sites (tertiary alicyclic amines) is 1. The minimum Gasteiger partial charge on any atom is -0.486 e. The molecule has 3 rings (SSSR count). The van der Waals surface area contributed by atoms with Gasteiger partial charge in [-0.05, 0) is 30.9 Å². The van der Waals surface area contributed by atoms with Gasteiger partial charge in [0.1, 0.15) is 18.9 Å². The predicted molar refractivity (Wildman–Crippen MR) is 108 cm³/mol. The largest absolute Gasteiger partial charge is 0.486 e. The van der Waals surface area contributed by atoms with Gasteiger partial charge in [-0.25, -0.2) is 9.98 Å². The summed E-state index contributed by atoms with van der Waals surface area (Å²) in [5, 5.41) is 7.04. The van der Waals surface area contributed by atoms with Crippen LogP contribution in [0, 0.1) is 5.92 Å². The van der Waals surface area contributed by atoms with Crippen molar-refractivity contribution in [2.75, 3.05) is 13.1 Å². The van der Waals surface area contributed by atoms with Crippen LogP contribution in [-0.4, -0.2) is 39.1 Å². The zero-order valence-electron chi connectivity index (χ0n) is 14.4. The molecule has 1 aromatic carbocycles. The van der Waals surface area contributed by atoms with Gasteiger partial charge in [-0.2, -0.15) is 5.10 Å². The van der Waals surface area contributed by atoms with Crippen LogP contribution in [0.2, 0.25) is 0 Å². The molecule has 7 nitrogen and oxygen atoms in total. The van der Waals surface area contributed by atoms with Crippen LogP contribution in [0.1, 0.15) is 31.4 Å². The van der Waals surface area contributed by atoms with Crippen molar-refractivity contribution in [1.29, 1.82) is 0 Å². The molecule has 1 aliphatic rings. The van der Waals surface area contributed by atoms with Gasteiger partial charge in [0.15, 0.2) is 17.6 Å². The van der Waals surface area contributed by atoms with Crippen LogP contribution in [0.4, 0.5) is 0 Å². The average Bonchev–Trinajstić information content (AvgIpc) is 3.07. The number of halogens is 1. The SMILES string of the molecule is CC1CCCN(C(N)=NCc2n[nH]c(COc3ccccc3)n2)C1.I. The highest BCUT2D eigenvalue weighted by atomic mass is 127. The van der Waals surface area contributed by atoms with E-state index in [1.54, 1.807) is 0 Å². The minimum atomic E-state index is 0. The minimum absolute atomic E-state index is 0. The molecule has 0 spiro atoms. The lowest BCUT2D eigenvalue weighted by atomic mass is 10.0. The summed E-state index contributed by atoms with van der Waals surface area (Å²) in [6.07, 6.45) is 2.43. The third-order valence-electron chi connectivity index (χ3n) is 4.06. The first kappa shape index (κ1) is 19.5. The van der Waals surface area contributed by atoms with E-state index in [1.807, 2.05) is 30.3 Å². The number of para-hydroxylation sites is 1. The maximum Gasteiger partial charge on any atom is 0.191 e. The van der Waals surface area contributed by atoms with E-state index in [4.69, 9.17) is 10.5 Å². The van der Waals surface area contributed by atoms with Crippen molar-refractivity contribution in [3.05, 3.63) is 42.0 Å². The summed E-state index contributed by atoms with van der Waals surface area (Å²) in [7, 11) is 0. The Hall–Kier alpha value is -1.84. The second kappa shape index (κ2) is 9.59. The lowest BCUT2D eigenvalue weighted by molar-refractivity contribution is 0.270. The zero-order chi connectivity index (χ0) is 16.8. The summed E-state index contributed by atoms with van der Waals surface area (Å²) < 4.78 is 5.64. The van der Waals surface area contributed by atoms with Crippen LogP contribution in [0.15, 0.2) is 35.3 Å². The van der Waals surface area contributed by atoms with Gasteiger partial charge in [0, 0.05) is 13.1 Å². The summed E-state index contributed by atoms with van der Waals surface area (Å²) in [6.45, 7) is 4.91. The maximum atomic E-state index is 6.09. The molecule has 1 fully saturated rings. The van der Waals surface area contributed by atoms with Crippen LogP contribution >= 0.6 is 24.0 Å². The van der Waals surface area contributed by atoms with Crippen molar-refractivity contribution in [1.82, 2.24) is 20.1 Å². The Kier molecular flexibility index (Phi) is 7.48. The number of piperidine rings is 1. The third-order valence-corrected chi connectivity index (χ3v) is 4.06. The number of nitrogens with two attached hydrogens (primary N) is 1. The fourth-order valence-electron chi connectivity index (χ4n) is 2.79. The lowest BCUT2D eigenvalue weighted by Crippen LogP contribution is -2.43. The van der Waals surface area contributed by atoms with Gasteiger partial charge in [0.25, 0.3) is 0 Å². The van der Waals surface area contributed by atoms with Crippen molar-refractivity contribution in [3.8, 4) is 5.75 Å². The summed E-state index contributed by atoms with van der Waals surface area (Å²) in [4.78, 5) is 10.9. The molecule has 0 radical (unpaired) electrons. The van der Waals surface area contributed by atoms with Crippen LogP contribution < -0.4 is 10.5 Å². The standard InChI is InChI=1S/C17H24N6O.HI/c1-13-6-5-9-23(11-13)17(18)19-10-15-20-16(22-21-15)12-24-14-7-3-2-4-8-14;/h2-4,7-8,13H,5-6,9-12H2,1H3,(H2,18,19)(H,20,21,22);1H. The molecule has 2 aromatic rings. The van der Waals surface area contributed by atoms with Crippen LogP contribution in [-0.2, 0) is 13.2 Å². The fourth-order valence-corrected chi connectivity index (χ4v) is 2.79. The van der Waals surface area contributed by atoms with Gasteiger partial charge >= 0.3 is 0 Å². The number of aromatic amines is 1. The van der Waals surface area contributed by atoms with Crippen molar-refractivity contribution < 1.29 is 4.74 Å². The number of H-pyrrole nitrogens is 1. The highest BCUT2D eigenvalue weighted by Crippen LogP contribution is 2.15. The Bertz CT molecular complexity index is 675. The van der Waals surface area contributed by atoms with Crippen LogP contribution in [0.5, 0.6) is 5.75 Å². The molecule has 1 aromatic heterocycles. The van der Waals surface area contributed by atoms with E-state index < -0.39 is 0 Å². The van der Waals surface area contributed by atoms with Gasteiger partial charge in [-0.15, -0.1) is 24.0 Å². The van der Waals surface area contributed by atoms with E-state index in [-0.39, 0.29) is 24.0 Å². The maximum absolute atomic E-state index is 6.09. The second-order valence-electron chi connectivity index (χ2n) is 6.17. The van der Waals surface area contributed by atoms with Crippen LogP contribution in [0.25, 0.3) is 0 Å². The first-order chi connectivity index (χ1) is 11.7. The number of benzene rings is 1. The number of aromatic nitrogens is 3. The highest BCUT2D eigenvalue weighted by molar-refractivity contribution is 14.0. The van der Waals surface area contributed by atoms with Crippen molar-refractivity contribution >= 4 is 29.9 Å². The molecule has 8 heteroatoms. The van der Waals surface area contributed by atoms with E-state index in [1.165, 1.54) is 12.8 Å². The van der Waals surface area contributed by atoms with E-state index in [9.17, 15) is 0 Å². The molecule has 0 aliphatic carbocycles. The van der Waals surface area contributed by atoms with Gasteiger partial charge in [-0.3, -0.25) is 5.10 Å². The Labute approximate surface area is 165 Å². The molecule has 1 unspecified atom stereocenters. The van der Waals surface area contributed by atoms with Crippen molar-refractivity contribution in [3.63, 3.8) is 0 Å². The van der Waals surface area contributed by atoms with E-state index in [2.05, 4.69) is 32.0 Å². The highest BCUT2D eigenvalue weighted by Gasteiger charge is 2.17. The third kappa shape index (κ3) is 5.87. The molecule has 0 bridgehead atoms. The summed E-state index contributed by atoms with van der Waals surface area (Å²) >= 11 is 0. The summed E-state index contributed by atoms with van der Waals surface area (Å²) in [5.74, 6) is 3.34. The first-order valence-corrected chi connectivity index (χ1v) is 8.33. The number of nitrogens with one attached hydrogen (secondary N) is 1. The molecular formula is C17H25IN6O. The predicted octanol–water partition coefficient (Wildman–Crippen LogP) is 2.55. The molecule has 2 heterocycles.